The Hall–Kier alpha value is -0.130. The number of aliphatic hydroxyl groups is 1. The summed E-state index contributed by atoms with van der Waals surface area (Å²) in [5.74, 6) is 0. The molecule has 1 aliphatic carbocycles. The van der Waals surface area contributed by atoms with Crippen molar-refractivity contribution in [3.8, 4) is 0 Å². The van der Waals surface area contributed by atoms with Gasteiger partial charge in [0.25, 0.3) is 0 Å². The number of rotatable bonds is 4. The third-order valence-corrected chi connectivity index (χ3v) is 5.92. The second kappa shape index (κ2) is 4.39. The molecule has 0 radical (unpaired) electrons. The Bertz CT molecular complexity index is 305. The lowest BCUT2D eigenvalue weighted by atomic mass is 10.1. The van der Waals surface area contributed by atoms with Crippen LogP contribution in [0.4, 0.5) is 0 Å². The summed E-state index contributed by atoms with van der Waals surface area (Å²) in [6.07, 6.45) is 3.51. The second-order valence-corrected chi connectivity index (χ2v) is 7.13. The smallest absolute Gasteiger partial charge is 0.217 e. The Balaban J connectivity index is 2.85. The van der Waals surface area contributed by atoms with Crippen LogP contribution in [0.5, 0.6) is 0 Å². The van der Waals surface area contributed by atoms with Crippen molar-refractivity contribution >= 4 is 10.0 Å². The highest BCUT2D eigenvalue weighted by Crippen LogP contribution is 2.29. The zero-order valence-corrected chi connectivity index (χ0v) is 10.5. The summed E-state index contributed by atoms with van der Waals surface area (Å²) in [4.78, 5) is 0. The molecular formula is C10H21NO3S. The number of hydrogen-bond donors (Lipinski definition) is 1. The first-order valence-electron chi connectivity index (χ1n) is 5.41. The van der Waals surface area contributed by atoms with E-state index in [2.05, 4.69) is 0 Å². The molecule has 0 aromatic carbocycles. The minimum Gasteiger partial charge on any atom is -0.394 e. The highest BCUT2D eigenvalue weighted by Gasteiger charge is 2.38. The van der Waals surface area contributed by atoms with Crippen LogP contribution in [0.2, 0.25) is 0 Å². The van der Waals surface area contributed by atoms with E-state index < -0.39 is 15.6 Å². The molecule has 1 saturated carbocycles. The zero-order chi connectivity index (χ0) is 11.7. The van der Waals surface area contributed by atoms with Gasteiger partial charge in [-0.05, 0) is 26.7 Å². The molecule has 1 N–H and O–H groups in total. The van der Waals surface area contributed by atoms with Crippen LogP contribution < -0.4 is 0 Å². The zero-order valence-electron chi connectivity index (χ0n) is 9.73. The quantitative estimate of drug-likeness (QED) is 0.789. The maximum absolute atomic E-state index is 12.2. The van der Waals surface area contributed by atoms with Gasteiger partial charge >= 0.3 is 0 Å². The predicted octanol–water partition coefficient (Wildman–Crippen LogP) is 0.961. The summed E-state index contributed by atoms with van der Waals surface area (Å²) in [5, 5.41) is 8.92. The summed E-state index contributed by atoms with van der Waals surface area (Å²) in [6, 6.07) is 0. The Kier molecular flexibility index (Phi) is 3.79. The first kappa shape index (κ1) is 12.9. The number of hydrogen-bond acceptors (Lipinski definition) is 3. The van der Waals surface area contributed by atoms with Gasteiger partial charge in [0, 0.05) is 7.05 Å². The third-order valence-electron chi connectivity index (χ3n) is 3.34. The monoisotopic (exact) mass is 235 g/mol. The Morgan fingerprint density at radius 3 is 2.20 bits per heavy atom. The number of likely N-dealkylation sites (N-methyl/N-ethyl adjacent to an activating group) is 1. The van der Waals surface area contributed by atoms with E-state index in [0.717, 1.165) is 25.7 Å². The molecule has 1 aliphatic rings. The average Bonchev–Trinajstić information content (AvgIpc) is 2.69. The summed E-state index contributed by atoms with van der Waals surface area (Å²) >= 11 is 0. The lowest BCUT2D eigenvalue weighted by Gasteiger charge is -2.34. The lowest BCUT2D eigenvalue weighted by Crippen LogP contribution is -2.50. The van der Waals surface area contributed by atoms with Crippen molar-refractivity contribution in [1.82, 2.24) is 4.31 Å². The van der Waals surface area contributed by atoms with Crippen LogP contribution in [0.15, 0.2) is 0 Å². The standard InChI is InChI=1S/C10H21NO3S/c1-10(2,8-12)11(3)15(13,14)9-6-4-5-7-9/h9,12H,4-8H2,1-3H3. The van der Waals surface area contributed by atoms with E-state index in [1.165, 1.54) is 4.31 Å². The van der Waals surface area contributed by atoms with Crippen molar-refractivity contribution in [3.05, 3.63) is 0 Å². The van der Waals surface area contributed by atoms with Crippen LogP contribution in [0.3, 0.4) is 0 Å². The highest BCUT2D eigenvalue weighted by atomic mass is 32.2. The highest BCUT2D eigenvalue weighted by molar-refractivity contribution is 7.89. The fourth-order valence-electron chi connectivity index (χ4n) is 1.85. The van der Waals surface area contributed by atoms with Gasteiger partial charge in [-0.3, -0.25) is 0 Å². The molecule has 0 saturated heterocycles. The van der Waals surface area contributed by atoms with Crippen molar-refractivity contribution in [1.29, 1.82) is 0 Å². The summed E-state index contributed by atoms with van der Waals surface area (Å²) in [5.41, 5.74) is -0.707. The number of aliphatic hydroxyl groups excluding tert-OH is 1. The molecule has 15 heavy (non-hydrogen) atoms. The molecule has 0 aromatic heterocycles. The molecule has 1 fully saturated rings. The van der Waals surface area contributed by atoms with E-state index >= 15 is 0 Å². The third kappa shape index (κ3) is 2.52. The molecule has 0 atom stereocenters. The summed E-state index contributed by atoms with van der Waals surface area (Å²) in [7, 11) is -1.68. The van der Waals surface area contributed by atoms with Crippen LogP contribution in [0.25, 0.3) is 0 Å². The summed E-state index contributed by atoms with van der Waals surface area (Å²) in [6.45, 7) is 3.31. The number of nitrogens with zero attached hydrogens (tertiary/aromatic N) is 1. The lowest BCUT2D eigenvalue weighted by molar-refractivity contribution is 0.137. The predicted molar refractivity (Wildman–Crippen MR) is 60.1 cm³/mol. The fourth-order valence-corrected chi connectivity index (χ4v) is 3.98. The average molecular weight is 235 g/mol. The molecule has 0 spiro atoms. The van der Waals surface area contributed by atoms with Crippen LogP contribution in [0, 0.1) is 0 Å². The van der Waals surface area contributed by atoms with Gasteiger partial charge in [0.15, 0.2) is 0 Å². The molecule has 0 bridgehead atoms. The molecule has 0 unspecified atom stereocenters. The van der Waals surface area contributed by atoms with E-state index in [0.29, 0.717) is 0 Å². The topological polar surface area (TPSA) is 57.6 Å². The van der Waals surface area contributed by atoms with E-state index in [-0.39, 0.29) is 11.9 Å². The minimum absolute atomic E-state index is 0.157. The van der Waals surface area contributed by atoms with Crippen molar-refractivity contribution in [2.75, 3.05) is 13.7 Å². The van der Waals surface area contributed by atoms with Crippen molar-refractivity contribution in [2.24, 2.45) is 0 Å². The van der Waals surface area contributed by atoms with Crippen LogP contribution in [-0.2, 0) is 10.0 Å². The van der Waals surface area contributed by atoms with Gasteiger partial charge < -0.3 is 5.11 Å². The van der Waals surface area contributed by atoms with Gasteiger partial charge in [0.05, 0.1) is 17.4 Å². The molecule has 5 heteroatoms. The molecule has 0 aliphatic heterocycles. The Labute approximate surface area is 92.3 Å². The number of sulfonamides is 1. The van der Waals surface area contributed by atoms with Gasteiger partial charge in [0.2, 0.25) is 10.0 Å². The van der Waals surface area contributed by atoms with Crippen LogP contribution in [-0.4, -0.2) is 42.3 Å². The molecule has 0 aromatic rings. The Morgan fingerprint density at radius 1 is 1.33 bits per heavy atom. The van der Waals surface area contributed by atoms with Crippen molar-refractivity contribution in [3.63, 3.8) is 0 Å². The van der Waals surface area contributed by atoms with E-state index in [4.69, 9.17) is 5.11 Å². The van der Waals surface area contributed by atoms with Gasteiger partial charge in [-0.2, -0.15) is 4.31 Å². The fraction of sp³-hybridized carbons (Fsp3) is 1.00. The van der Waals surface area contributed by atoms with E-state index in [9.17, 15) is 8.42 Å². The summed E-state index contributed by atoms with van der Waals surface area (Å²) < 4.78 is 25.6. The maximum Gasteiger partial charge on any atom is 0.217 e. The molecule has 90 valence electrons. The Morgan fingerprint density at radius 2 is 1.80 bits per heavy atom. The normalized spacial score (nSPS) is 20.1. The minimum atomic E-state index is -3.24. The van der Waals surface area contributed by atoms with Gasteiger partial charge in [-0.25, -0.2) is 8.42 Å². The molecule has 4 nitrogen and oxygen atoms in total. The molecular weight excluding hydrogens is 214 g/mol. The van der Waals surface area contributed by atoms with Gasteiger partial charge in [0.1, 0.15) is 0 Å². The first-order chi connectivity index (χ1) is 6.82. The molecule has 0 heterocycles. The van der Waals surface area contributed by atoms with Crippen molar-refractivity contribution < 1.29 is 13.5 Å². The van der Waals surface area contributed by atoms with Crippen molar-refractivity contribution in [2.45, 2.75) is 50.3 Å². The van der Waals surface area contributed by atoms with E-state index in [1.807, 2.05) is 0 Å². The van der Waals surface area contributed by atoms with Crippen LogP contribution in [0.1, 0.15) is 39.5 Å². The second-order valence-electron chi connectivity index (χ2n) is 4.89. The van der Waals surface area contributed by atoms with E-state index in [1.54, 1.807) is 20.9 Å². The van der Waals surface area contributed by atoms with Crippen LogP contribution >= 0.6 is 0 Å². The first-order valence-corrected chi connectivity index (χ1v) is 6.91. The largest absolute Gasteiger partial charge is 0.394 e. The van der Waals surface area contributed by atoms with Gasteiger partial charge in [-0.15, -0.1) is 0 Å². The SMILES string of the molecule is CN(C(C)(C)CO)S(=O)(=O)C1CCCC1. The maximum atomic E-state index is 12.2. The van der Waals surface area contributed by atoms with Gasteiger partial charge in [-0.1, -0.05) is 12.8 Å². The molecule has 1 rings (SSSR count). The molecule has 0 amide bonds.